The molecule has 3 N–H and O–H groups in total. The molecular formula is C13H11ClF2N2O2S. The van der Waals surface area contributed by atoms with Crippen LogP contribution in [0.15, 0.2) is 35.2 Å². The summed E-state index contributed by atoms with van der Waals surface area (Å²) in [4.78, 5) is -0.698. The van der Waals surface area contributed by atoms with E-state index in [0.717, 1.165) is 18.2 Å². The van der Waals surface area contributed by atoms with Gasteiger partial charge in [-0.2, -0.15) is 0 Å². The zero-order valence-electron chi connectivity index (χ0n) is 10.8. The molecule has 0 aliphatic heterocycles. The van der Waals surface area contributed by atoms with Crippen molar-refractivity contribution < 1.29 is 17.2 Å². The van der Waals surface area contributed by atoms with Gasteiger partial charge in [-0.1, -0.05) is 17.7 Å². The van der Waals surface area contributed by atoms with Crippen molar-refractivity contribution in [1.82, 2.24) is 0 Å². The third kappa shape index (κ3) is 3.25. The fourth-order valence-electron chi connectivity index (χ4n) is 1.68. The van der Waals surface area contributed by atoms with E-state index in [1.54, 1.807) is 6.92 Å². The zero-order valence-corrected chi connectivity index (χ0v) is 12.4. The lowest BCUT2D eigenvalue weighted by molar-refractivity contribution is 0.573. The van der Waals surface area contributed by atoms with Gasteiger partial charge in [0, 0.05) is 5.02 Å². The molecule has 0 amide bonds. The topological polar surface area (TPSA) is 72.2 Å². The van der Waals surface area contributed by atoms with Crippen molar-refractivity contribution in [3.63, 3.8) is 0 Å². The van der Waals surface area contributed by atoms with Crippen LogP contribution in [0.1, 0.15) is 5.56 Å². The standard InChI is InChI=1S/C13H11ClF2N2O2S/c1-7-2-3-9(15)6-11(7)18-21(19,20)12-5-8(14)4-10(17)13(12)16/h2-6,18H,17H2,1H3. The molecule has 2 aromatic carbocycles. The molecule has 0 aliphatic rings. The lowest BCUT2D eigenvalue weighted by Crippen LogP contribution is -2.16. The molecule has 0 unspecified atom stereocenters. The summed E-state index contributed by atoms with van der Waals surface area (Å²) < 4.78 is 53.6. The third-order valence-corrected chi connectivity index (χ3v) is 4.35. The maximum absolute atomic E-state index is 13.9. The summed E-state index contributed by atoms with van der Waals surface area (Å²) in [7, 11) is -4.28. The first-order valence-electron chi connectivity index (χ1n) is 5.74. The fourth-order valence-corrected chi connectivity index (χ4v) is 3.23. The molecular weight excluding hydrogens is 322 g/mol. The van der Waals surface area contributed by atoms with Gasteiger partial charge in [-0.15, -0.1) is 0 Å². The highest BCUT2D eigenvalue weighted by Gasteiger charge is 2.22. The van der Waals surface area contributed by atoms with Crippen LogP contribution in [0.2, 0.25) is 5.02 Å². The van der Waals surface area contributed by atoms with Gasteiger partial charge >= 0.3 is 0 Å². The molecule has 0 atom stereocenters. The van der Waals surface area contributed by atoms with Gasteiger partial charge in [-0.05, 0) is 36.8 Å². The third-order valence-electron chi connectivity index (χ3n) is 2.77. The van der Waals surface area contributed by atoms with Crippen molar-refractivity contribution in [1.29, 1.82) is 0 Å². The van der Waals surface area contributed by atoms with Gasteiger partial charge in [0.05, 0.1) is 11.4 Å². The van der Waals surface area contributed by atoms with Crippen LogP contribution >= 0.6 is 11.6 Å². The van der Waals surface area contributed by atoms with Gasteiger partial charge in [-0.25, -0.2) is 17.2 Å². The summed E-state index contributed by atoms with van der Waals surface area (Å²) in [6.07, 6.45) is 0. The largest absolute Gasteiger partial charge is 0.396 e. The molecule has 4 nitrogen and oxygen atoms in total. The van der Waals surface area contributed by atoms with Crippen LogP contribution in [0, 0.1) is 18.6 Å². The number of sulfonamides is 1. The molecule has 0 bridgehead atoms. The summed E-state index contributed by atoms with van der Waals surface area (Å²) in [5.74, 6) is -1.73. The van der Waals surface area contributed by atoms with E-state index >= 15 is 0 Å². The molecule has 0 radical (unpaired) electrons. The molecule has 0 spiro atoms. The number of nitrogens with two attached hydrogens (primary N) is 1. The smallest absolute Gasteiger partial charge is 0.264 e. The number of aryl methyl sites for hydroxylation is 1. The van der Waals surface area contributed by atoms with Gasteiger partial charge in [0.2, 0.25) is 0 Å². The molecule has 0 aliphatic carbocycles. The van der Waals surface area contributed by atoms with Crippen LogP contribution < -0.4 is 10.5 Å². The second-order valence-corrected chi connectivity index (χ2v) is 6.46. The number of anilines is 2. The van der Waals surface area contributed by atoms with Gasteiger partial charge in [0.1, 0.15) is 10.7 Å². The van der Waals surface area contributed by atoms with Crippen LogP contribution in [0.4, 0.5) is 20.2 Å². The molecule has 0 saturated heterocycles. The van der Waals surface area contributed by atoms with Crippen LogP contribution in [0.25, 0.3) is 0 Å². The molecule has 0 saturated carbocycles. The molecule has 2 rings (SSSR count). The minimum Gasteiger partial charge on any atom is -0.396 e. The summed E-state index contributed by atoms with van der Waals surface area (Å²) in [5, 5.41) is -0.0229. The minimum absolute atomic E-state index is 0.00736. The van der Waals surface area contributed by atoms with Crippen molar-refractivity contribution in [2.45, 2.75) is 11.8 Å². The number of benzene rings is 2. The Morgan fingerprint density at radius 2 is 1.86 bits per heavy atom. The second-order valence-electron chi connectivity index (χ2n) is 4.37. The SMILES string of the molecule is Cc1ccc(F)cc1NS(=O)(=O)c1cc(Cl)cc(N)c1F. The Morgan fingerprint density at radius 3 is 2.52 bits per heavy atom. The number of hydrogen-bond acceptors (Lipinski definition) is 3. The van der Waals surface area contributed by atoms with E-state index in [1.165, 1.54) is 12.1 Å². The summed E-state index contributed by atoms with van der Waals surface area (Å²) in [5.41, 5.74) is 5.45. The Hall–Kier alpha value is -1.86. The number of hydrogen-bond donors (Lipinski definition) is 2. The first-order valence-corrected chi connectivity index (χ1v) is 7.60. The van der Waals surface area contributed by atoms with Crippen molar-refractivity contribution in [2.75, 3.05) is 10.5 Å². The summed E-state index contributed by atoms with van der Waals surface area (Å²) in [6, 6.07) is 5.62. The molecule has 0 aromatic heterocycles. The lowest BCUT2D eigenvalue weighted by atomic mass is 10.2. The van der Waals surface area contributed by atoms with E-state index in [0.29, 0.717) is 5.56 Å². The van der Waals surface area contributed by atoms with Crippen molar-refractivity contribution in [2.24, 2.45) is 0 Å². The molecule has 0 heterocycles. The van der Waals surface area contributed by atoms with Gasteiger partial charge < -0.3 is 5.73 Å². The number of nitrogens with one attached hydrogen (secondary N) is 1. The zero-order chi connectivity index (χ0) is 15.8. The Morgan fingerprint density at radius 1 is 1.19 bits per heavy atom. The monoisotopic (exact) mass is 332 g/mol. The average Bonchev–Trinajstić information content (AvgIpc) is 2.37. The van der Waals surface area contributed by atoms with Crippen LogP contribution in [0.5, 0.6) is 0 Å². The Kier molecular flexibility index (Phi) is 4.06. The predicted molar refractivity (Wildman–Crippen MR) is 77.8 cm³/mol. The highest BCUT2D eigenvalue weighted by Crippen LogP contribution is 2.27. The first-order chi connectivity index (χ1) is 9.70. The lowest BCUT2D eigenvalue weighted by Gasteiger charge is -2.12. The highest BCUT2D eigenvalue weighted by atomic mass is 35.5. The van der Waals surface area contributed by atoms with Crippen molar-refractivity contribution in [3.8, 4) is 0 Å². The van der Waals surface area contributed by atoms with Crippen LogP contribution in [-0.2, 0) is 10.0 Å². The Bertz CT molecular complexity index is 810. The molecule has 112 valence electrons. The van der Waals surface area contributed by atoms with E-state index in [2.05, 4.69) is 4.72 Å². The Labute approximate surface area is 125 Å². The minimum atomic E-state index is -4.28. The number of halogens is 3. The maximum Gasteiger partial charge on any atom is 0.264 e. The number of rotatable bonds is 3. The quantitative estimate of drug-likeness (QED) is 0.847. The first kappa shape index (κ1) is 15.5. The fraction of sp³-hybridized carbons (Fsp3) is 0.0769. The van der Waals surface area contributed by atoms with Crippen molar-refractivity contribution in [3.05, 3.63) is 52.6 Å². The van der Waals surface area contributed by atoms with E-state index in [-0.39, 0.29) is 16.4 Å². The van der Waals surface area contributed by atoms with Crippen molar-refractivity contribution >= 4 is 33.0 Å². The predicted octanol–water partition coefficient (Wildman–Crippen LogP) is 3.31. The van der Waals surface area contributed by atoms with Crippen LogP contribution in [-0.4, -0.2) is 8.42 Å². The number of nitrogen functional groups attached to an aromatic ring is 1. The molecule has 2 aromatic rings. The van der Waals surface area contributed by atoms with E-state index in [4.69, 9.17) is 17.3 Å². The average molecular weight is 333 g/mol. The van der Waals surface area contributed by atoms with Gasteiger partial charge in [0.15, 0.2) is 5.82 Å². The molecule has 0 fully saturated rings. The molecule has 21 heavy (non-hydrogen) atoms. The van der Waals surface area contributed by atoms with E-state index in [1.807, 2.05) is 0 Å². The maximum atomic E-state index is 13.9. The van der Waals surface area contributed by atoms with Gasteiger partial charge in [0.25, 0.3) is 10.0 Å². The normalized spacial score (nSPS) is 11.4. The highest BCUT2D eigenvalue weighted by molar-refractivity contribution is 7.92. The van der Waals surface area contributed by atoms with Crippen LogP contribution in [0.3, 0.4) is 0 Å². The van der Waals surface area contributed by atoms with E-state index < -0.39 is 26.6 Å². The van der Waals surface area contributed by atoms with Gasteiger partial charge in [-0.3, -0.25) is 4.72 Å². The Balaban J connectivity index is 2.51. The second kappa shape index (κ2) is 5.50. The molecule has 8 heteroatoms. The van der Waals surface area contributed by atoms with E-state index in [9.17, 15) is 17.2 Å². The summed E-state index contributed by atoms with van der Waals surface area (Å²) in [6.45, 7) is 1.58. The summed E-state index contributed by atoms with van der Waals surface area (Å²) >= 11 is 5.69.